The van der Waals surface area contributed by atoms with Crippen molar-refractivity contribution in [1.82, 2.24) is 5.32 Å². The zero-order valence-electron chi connectivity index (χ0n) is 11.6. The van der Waals surface area contributed by atoms with Crippen LogP contribution in [0.3, 0.4) is 0 Å². The fraction of sp³-hybridized carbons (Fsp3) is 0.750. The third-order valence-electron chi connectivity index (χ3n) is 3.06. The Morgan fingerprint density at radius 3 is 2.50 bits per heavy atom. The predicted molar refractivity (Wildman–Crippen MR) is 67.5 cm³/mol. The van der Waals surface area contributed by atoms with Crippen LogP contribution in [0.15, 0.2) is 0 Å². The van der Waals surface area contributed by atoms with Crippen LogP contribution in [0.4, 0.5) is 0 Å². The van der Waals surface area contributed by atoms with E-state index < -0.39 is 30.0 Å². The number of rotatable bonds is 6. The molecule has 114 valence electrons. The van der Waals surface area contributed by atoms with E-state index in [1.54, 1.807) is 0 Å². The van der Waals surface area contributed by atoms with Crippen molar-refractivity contribution in [2.45, 2.75) is 37.5 Å². The number of carbonyl (C=O) groups is 3. The summed E-state index contributed by atoms with van der Waals surface area (Å²) in [6.07, 6.45) is 0.118. The topological polar surface area (TPSA) is 117 Å². The first kappa shape index (κ1) is 16.4. The second-order valence-corrected chi connectivity index (χ2v) is 4.42. The van der Waals surface area contributed by atoms with Gasteiger partial charge in [0.25, 0.3) is 0 Å². The Bertz CT molecular complexity index is 373. The van der Waals surface area contributed by atoms with Crippen molar-refractivity contribution in [1.29, 1.82) is 0 Å². The van der Waals surface area contributed by atoms with Gasteiger partial charge in [0.05, 0.1) is 26.7 Å². The molecule has 1 fully saturated rings. The van der Waals surface area contributed by atoms with Gasteiger partial charge < -0.3 is 25.3 Å². The minimum atomic E-state index is -1.08. The standard InChI is InChI=1S/C12H20N2O6/c1-18-10(15)5-8(12(17)19-2)14-11(16)9-4-3-7(6-13)20-9/h7-9H,3-6,13H2,1-2H3,(H,14,16)/t7-,8?,9+/m1/s1. The van der Waals surface area contributed by atoms with Crippen LogP contribution in [-0.2, 0) is 28.6 Å². The van der Waals surface area contributed by atoms with Crippen LogP contribution in [0.2, 0.25) is 0 Å². The van der Waals surface area contributed by atoms with Crippen LogP contribution in [0, 0.1) is 0 Å². The quantitative estimate of drug-likeness (QED) is 0.584. The molecule has 1 aliphatic heterocycles. The molecule has 1 amide bonds. The number of nitrogens with two attached hydrogens (primary N) is 1. The Kier molecular flexibility index (Phi) is 6.40. The van der Waals surface area contributed by atoms with Crippen molar-refractivity contribution in [3.05, 3.63) is 0 Å². The van der Waals surface area contributed by atoms with E-state index in [0.717, 1.165) is 0 Å². The van der Waals surface area contributed by atoms with E-state index in [4.69, 9.17) is 10.5 Å². The molecule has 0 radical (unpaired) electrons. The average Bonchev–Trinajstić information content (AvgIpc) is 2.94. The summed E-state index contributed by atoms with van der Waals surface area (Å²) in [5.74, 6) is -1.79. The number of nitrogens with one attached hydrogen (secondary N) is 1. The van der Waals surface area contributed by atoms with Gasteiger partial charge in [-0.2, -0.15) is 0 Å². The number of carbonyl (C=O) groups excluding carboxylic acids is 3. The SMILES string of the molecule is COC(=O)CC(NC(=O)[C@@H]1CC[C@H](CN)O1)C(=O)OC. The van der Waals surface area contributed by atoms with Gasteiger partial charge in [-0.25, -0.2) is 4.79 Å². The van der Waals surface area contributed by atoms with Crippen LogP contribution in [0.1, 0.15) is 19.3 Å². The highest BCUT2D eigenvalue weighted by atomic mass is 16.5. The molecular weight excluding hydrogens is 268 g/mol. The summed E-state index contributed by atoms with van der Waals surface area (Å²) >= 11 is 0. The maximum atomic E-state index is 12.0. The van der Waals surface area contributed by atoms with E-state index >= 15 is 0 Å². The Labute approximate surface area is 116 Å². The summed E-state index contributed by atoms with van der Waals surface area (Å²) in [6, 6.07) is -1.08. The Morgan fingerprint density at radius 2 is 2.00 bits per heavy atom. The fourth-order valence-corrected chi connectivity index (χ4v) is 1.92. The molecule has 1 heterocycles. The lowest BCUT2D eigenvalue weighted by molar-refractivity contribution is -0.151. The summed E-state index contributed by atoms with van der Waals surface area (Å²) in [5, 5.41) is 2.44. The number of amides is 1. The molecule has 1 unspecified atom stereocenters. The van der Waals surface area contributed by atoms with Gasteiger partial charge in [-0.1, -0.05) is 0 Å². The zero-order chi connectivity index (χ0) is 15.1. The lowest BCUT2D eigenvalue weighted by Crippen LogP contribution is -2.47. The molecular formula is C12H20N2O6. The predicted octanol–water partition coefficient (Wildman–Crippen LogP) is -1.29. The van der Waals surface area contributed by atoms with E-state index in [9.17, 15) is 14.4 Å². The molecule has 0 spiro atoms. The molecule has 0 aliphatic carbocycles. The molecule has 1 saturated heterocycles. The van der Waals surface area contributed by atoms with E-state index in [-0.39, 0.29) is 12.5 Å². The molecule has 1 rings (SSSR count). The van der Waals surface area contributed by atoms with Gasteiger partial charge in [-0.3, -0.25) is 9.59 Å². The van der Waals surface area contributed by atoms with E-state index in [1.165, 1.54) is 14.2 Å². The summed E-state index contributed by atoms with van der Waals surface area (Å²) in [4.78, 5) is 34.7. The summed E-state index contributed by atoms with van der Waals surface area (Å²) in [6.45, 7) is 0.340. The molecule has 0 aromatic heterocycles. The van der Waals surface area contributed by atoms with E-state index in [2.05, 4.69) is 14.8 Å². The number of methoxy groups -OCH3 is 2. The molecule has 20 heavy (non-hydrogen) atoms. The number of esters is 2. The minimum Gasteiger partial charge on any atom is -0.469 e. The number of hydrogen-bond acceptors (Lipinski definition) is 7. The molecule has 1 aliphatic rings. The van der Waals surface area contributed by atoms with E-state index in [0.29, 0.717) is 19.4 Å². The molecule has 8 heteroatoms. The Morgan fingerprint density at radius 1 is 1.30 bits per heavy atom. The number of ether oxygens (including phenoxy) is 3. The van der Waals surface area contributed by atoms with Crippen molar-refractivity contribution in [3.8, 4) is 0 Å². The minimum absolute atomic E-state index is 0.150. The summed E-state index contributed by atoms with van der Waals surface area (Å²) < 4.78 is 14.4. The monoisotopic (exact) mass is 288 g/mol. The average molecular weight is 288 g/mol. The molecule has 3 atom stereocenters. The van der Waals surface area contributed by atoms with E-state index in [1.807, 2.05) is 0 Å². The maximum Gasteiger partial charge on any atom is 0.328 e. The first-order valence-corrected chi connectivity index (χ1v) is 6.32. The van der Waals surface area contributed by atoms with Gasteiger partial charge in [0, 0.05) is 6.54 Å². The van der Waals surface area contributed by atoms with Crippen LogP contribution < -0.4 is 11.1 Å². The van der Waals surface area contributed by atoms with Crippen molar-refractivity contribution < 1.29 is 28.6 Å². The molecule has 8 nitrogen and oxygen atoms in total. The molecule has 0 aromatic carbocycles. The lowest BCUT2D eigenvalue weighted by atomic mass is 10.1. The summed E-state index contributed by atoms with van der Waals surface area (Å²) in [5.41, 5.74) is 5.46. The first-order chi connectivity index (χ1) is 9.51. The van der Waals surface area contributed by atoms with Crippen LogP contribution in [0.5, 0.6) is 0 Å². The van der Waals surface area contributed by atoms with Gasteiger partial charge in [-0.15, -0.1) is 0 Å². The van der Waals surface area contributed by atoms with Gasteiger partial charge in [0.15, 0.2) is 0 Å². The molecule has 0 saturated carbocycles. The van der Waals surface area contributed by atoms with Gasteiger partial charge in [0.1, 0.15) is 12.1 Å². The van der Waals surface area contributed by atoms with Crippen molar-refractivity contribution in [2.75, 3.05) is 20.8 Å². The molecule has 3 N–H and O–H groups in total. The van der Waals surface area contributed by atoms with Gasteiger partial charge in [0.2, 0.25) is 5.91 Å². The second-order valence-electron chi connectivity index (χ2n) is 4.42. The maximum absolute atomic E-state index is 12.0. The first-order valence-electron chi connectivity index (χ1n) is 6.32. The molecule has 0 bridgehead atoms. The largest absolute Gasteiger partial charge is 0.469 e. The second kappa shape index (κ2) is 7.81. The molecule has 0 aromatic rings. The Hall–Kier alpha value is -1.67. The Balaban J connectivity index is 2.58. The highest BCUT2D eigenvalue weighted by Gasteiger charge is 2.33. The van der Waals surface area contributed by atoms with Crippen molar-refractivity contribution in [2.24, 2.45) is 5.73 Å². The lowest BCUT2D eigenvalue weighted by Gasteiger charge is -2.18. The third kappa shape index (κ3) is 4.46. The van der Waals surface area contributed by atoms with Crippen molar-refractivity contribution in [3.63, 3.8) is 0 Å². The van der Waals surface area contributed by atoms with Crippen LogP contribution in [-0.4, -0.2) is 56.9 Å². The number of hydrogen-bond donors (Lipinski definition) is 2. The smallest absolute Gasteiger partial charge is 0.328 e. The van der Waals surface area contributed by atoms with Crippen LogP contribution in [0.25, 0.3) is 0 Å². The van der Waals surface area contributed by atoms with Gasteiger partial charge in [-0.05, 0) is 12.8 Å². The van der Waals surface area contributed by atoms with Crippen molar-refractivity contribution >= 4 is 17.8 Å². The van der Waals surface area contributed by atoms with Gasteiger partial charge >= 0.3 is 11.9 Å². The third-order valence-corrected chi connectivity index (χ3v) is 3.06. The van der Waals surface area contributed by atoms with Crippen LogP contribution >= 0.6 is 0 Å². The summed E-state index contributed by atoms with van der Waals surface area (Å²) in [7, 11) is 2.37. The normalized spacial score (nSPS) is 22.9. The fourth-order valence-electron chi connectivity index (χ4n) is 1.92. The highest BCUT2D eigenvalue weighted by Crippen LogP contribution is 2.19. The zero-order valence-corrected chi connectivity index (χ0v) is 11.6. The highest BCUT2D eigenvalue weighted by molar-refractivity contribution is 5.89.